The summed E-state index contributed by atoms with van der Waals surface area (Å²) in [6.45, 7) is 5.47. The lowest BCUT2D eigenvalue weighted by Crippen LogP contribution is -2.35. The van der Waals surface area contributed by atoms with E-state index in [9.17, 15) is 9.18 Å². The zero-order valence-corrected chi connectivity index (χ0v) is 14.2. The largest absolute Gasteiger partial charge is 0.460 e. The van der Waals surface area contributed by atoms with Crippen LogP contribution >= 0.6 is 0 Å². The zero-order chi connectivity index (χ0) is 17.1. The predicted octanol–water partition coefficient (Wildman–Crippen LogP) is 5.00. The van der Waals surface area contributed by atoms with Crippen LogP contribution in [-0.4, -0.2) is 17.2 Å². The van der Waals surface area contributed by atoms with Crippen LogP contribution in [-0.2, 0) is 16.0 Å². The van der Waals surface area contributed by atoms with Crippen molar-refractivity contribution in [1.29, 1.82) is 0 Å². The van der Waals surface area contributed by atoms with Gasteiger partial charge in [-0.25, -0.2) is 8.78 Å². The van der Waals surface area contributed by atoms with Crippen molar-refractivity contribution in [3.8, 4) is 0 Å². The van der Waals surface area contributed by atoms with E-state index < -0.39 is 11.3 Å². The van der Waals surface area contributed by atoms with Gasteiger partial charge in [0, 0.05) is 12.8 Å². The van der Waals surface area contributed by atoms with Crippen molar-refractivity contribution in [2.24, 2.45) is 5.92 Å². The van der Waals surface area contributed by atoms with Crippen LogP contribution in [0.1, 0.15) is 58.4 Å². The molecule has 0 saturated heterocycles. The van der Waals surface area contributed by atoms with Gasteiger partial charge < -0.3 is 4.74 Å². The van der Waals surface area contributed by atoms with Gasteiger partial charge in [0.05, 0.1) is 0 Å². The fourth-order valence-electron chi connectivity index (χ4n) is 3.37. The lowest BCUT2D eigenvalue weighted by molar-refractivity contribution is -0.156. The van der Waals surface area contributed by atoms with Crippen molar-refractivity contribution in [1.82, 2.24) is 0 Å². The molecule has 2 rings (SSSR count). The van der Waals surface area contributed by atoms with Crippen molar-refractivity contribution in [3.63, 3.8) is 0 Å². The molecule has 1 saturated carbocycles. The highest BCUT2D eigenvalue weighted by Crippen LogP contribution is 2.40. The van der Waals surface area contributed by atoms with Crippen LogP contribution < -0.4 is 0 Å². The number of carbonyl (C=O) groups is 1. The molecule has 4 heteroatoms. The van der Waals surface area contributed by atoms with Gasteiger partial charge in [0.2, 0.25) is 0 Å². The summed E-state index contributed by atoms with van der Waals surface area (Å²) < 4.78 is 34.2. The smallest absolute Gasteiger partial charge is 0.306 e. The Bertz CT molecular complexity index is 551. The molecule has 0 aromatic heterocycles. The van der Waals surface area contributed by atoms with Gasteiger partial charge >= 0.3 is 5.97 Å². The molecule has 1 aliphatic rings. The Morgan fingerprint density at radius 3 is 2.70 bits per heavy atom. The Hall–Kier alpha value is -1.45. The first kappa shape index (κ1) is 17.9. The van der Waals surface area contributed by atoms with Gasteiger partial charge in [-0.2, -0.15) is 0 Å². The van der Waals surface area contributed by atoms with Gasteiger partial charge in [-0.15, -0.1) is 0 Å². The van der Waals surface area contributed by atoms with E-state index in [1.54, 1.807) is 18.2 Å². The van der Waals surface area contributed by atoms with Crippen LogP contribution in [0.3, 0.4) is 0 Å². The van der Waals surface area contributed by atoms with E-state index in [0.717, 1.165) is 12.8 Å². The Morgan fingerprint density at radius 1 is 1.35 bits per heavy atom. The first-order chi connectivity index (χ1) is 10.7. The van der Waals surface area contributed by atoms with Gasteiger partial charge in [-0.1, -0.05) is 18.2 Å². The van der Waals surface area contributed by atoms with E-state index in [1.807, 2.05) is 20.8 Å². The normalized spacial score (nSPS) is 25.2. The van der Waals surface area contributed by atoms with Gasteiger partial charge in [-0.3, -0.25) is 4.79 Å². The summed E-state index contributed by atoms with van der Waals surface area (Å²) in [7, 11) is 0. The van der Waals surface area contributed by atoms with E-state index in [0.29, 0.717) is 18.4 Å². The van der Waals surface area contributed by atoms with Crippen molar-refractivity contribution >= 4 is 5.97 Å². The van der Waals surface area contributed by atoms with Crippen molar-refractivity contribution < 1.29 is 18.3 Å². The molecular formula is C19H26F2O2. The van der Waals surface area contributed by atoms with Crippen LogP contribution in [0.2, 0.25) is 0 Å². The minimum atomic E-state index is -1.44. The summed E-state index contributed by atoms with van der Waals surface area (Å²) in [6, 6.07) is 6.33. The summed E-state index contributed by atoms with van der Waals surface area (Å²) >= 11 is 0. The number of alkyl halides is 1. The van der Waals surface area contributed by atoms with E-state index >= 15 is 4.39 Å². The molecule has 2 unspecified atom stereocenters. The van der Waals surface area contributed by atoms with Gasteiger partial charge in [-0.05, 0) is 64.0 Å². The minimum Gasteiger partial charge on any atom is -0.460 e. The second-order valence-electron chi connectivity index (χ2n) is 7.67. The molecule has 1 aliphatic carbocycles. The van der Waals surface area contributed by atoms with Crippen LogP contribution in [0.4, 0.5) is 8.78 Å². The Labute approximate surface area is 137 Å². The van der Waals surface area contributed by atoms with E-state index in [4.69, 9.17) is 4.74 Å². The van der Waals surface area contributed by atoms with Gasteiger partial charge in [0.1, 0.15) is 17.1 Å². The highest BCUT2D eigenvalue weighted by Gasteiger charge is 2.38. The average Bonchev–Trinajstić information content (AvgIpc) is 2.39. The van der Waals surface area contributed by atoms with Crippen molar-refractivity contribution in [3.05, 3.63) is 35.6 Å². The molecule has 0 radical (unpaired) electrons. The monoisotopic (exact) mass is 324 g/mol. The predicted molar refractivity (Wildman–Crippen MR) is 86.4 cm³/mol. The second kappa shape index (κ2) is 6.98. The summed E-state index contributed by atoms with van der Waals surface area (Å²) in [5.74, 6) is -0.674. The third-order valence-electron chi connectivity index (χ3n) is 4.23. The maximum absolute atomic E-state index is 15.2. The van der Waals surface area contributed by atoms with E-state index in [-0.39, 0.29) is 30.5 Å². The number of hydrogen-bond donors (Lipinski definition) is 0. The number of rotatable bonds is 4. The third-order valence-corrected chi connectivity index (χ3v) is 4.23. The molecule has 2 nitrogen and oxygen atoms in total. The van der Waals surface area contributed by atoms with E-state index in [1.165, 1.54) is 6.07 Å². The SMILES string of the molecule is CC(C)(C)OC(=O)CC1CCCC(F)(Cc2ccccc2F)C1. The molecule has 0 aliphatic heterocycles. The minimum absolute atomic E-state index is 0.0321. The quantitative estimate of drug-likeness (QED) is 0.729. The van der Waals surface area contributed by atoms with Crippen LogP contribution in [0, 0.1) is 11.7 Å². The lowest BCUT2D eigenvalue weighted by Gasteiger charge is -2.35. The van der Waals surface area contributed by atoms with Crippen LogP contribution in [0.25, 0.3) is 0 Å². The molecule has 0 N–H and O–H groups in total. The Morgan fingerprint density at radius 2 is 2.04 bits per heavy atom. The highest BCUT2D eigenvalue weighted by molar-refractivity contribution is 5.70. The number of hydrogen-bond acceptors (Lipinski definition) is 2. The molecule has 23 heavy (non-hydrogen) atoms. The standard InChI is InChI=1S/C19H26F2O2/c1-18(2,3)23-17(22)11-14-7-6-10-19(21,12-14)13-15-8-4-5-9-16(15)20/h4-5,8-9,14H,6-7,10-13H2,1-3H3. The fraction of sp³-hybridized carbons (Fsp3) is 0.632. The molecular weight excluding hydrogens is 298 g/mol. The molecule has 2 atom stereocenters. The Kier molecular flexibility index (Phi) is 5.43. The maximum Gasteiger partial charge on any atom is 0.306 e. The number of carbonyl (C=O) groups excluding carboxylic acids is 1. The lowest BCUT2D eigenvalue weighted by atomic mass is 9.75. The summed E-state index contributed by atoms with van der Waals surface area (Å²) in [5.41, 5.74) is -1.55. The third kappa shape index (κ3) is 5.60. The number of benzene rings is 1. The molecule has 0 amide bonds. The van der Waals surface area contributed by atoms with Crippen LogP contribution in [0.5, 0.6) is 0 Å². The average molecular weight is 324 g/mol. The molecule has 1 aromatic carbocycles. The number of ether oxygens (including phenoxy) is 1. The van der Waals surface area contributed by atoms with E-state index in [2.05, 4.69) is 0 Å². The van der Waals surface area contributed by atoms with Crippen molar-refractivity contribution in [2.45, 2.75) is 70.6 Å². The fourth-order valence-corrected chi connectivity index (χ4v) is 3.37. The Balaban J connectivity index is 1.97. The molecule has 1 fully saturated rings. The van der Waals surface area contributed by atoms with Crippen molar-refractivity contribution in [2.75, 3.05) is 0 Å². The molecule has 0 spiro atoms. The maximum atomic E-state index is 15.2. The first-order valence-corrected chi connectivity index (χ1v) is 8.31. The van der Waals surface area contributed by atoms with Gasteiger partial charge in [0.25, 0.3) is 0 Å². The number of esters is 1. The zero-order valence-electron chi connectivity index (χ0n) is 14.2. The molecule has 0 heterocycles. The topological polar surface area (TPSA) is 26.3 Å². The van der Waals surface area contributed by atoms with Crippen LogP contribution in [0.15, 0.2) is 24.3 Å². The first-order valence-electron chi connectivity index (χ1n) is 8.31. The second-order valence-corrected chi connectivity index (χ2v) is 7.67. The van der Waals surface area contributed by atoms with Gasteiger partial charge in [0.15, 0.2) is 0 Å². The summed E-state index contributed by atoms with van der Waals surface area (Å²) in [4.78, 5) is 11.9. The molecule has 0 bridgehead atoms. The highest BCUT2D eigenvalue weighted by atomic mass is 19.1. The summed E-state index contributed by atoms with van der Waals surface area (Å²) in [5, 5.41) is 0. The summed E-state index contributed by atoms with van der Waals surface area (Å²) in [6.07, 6.45) is 2.57. The molecule has 1 aromatic rings. The number of halogens is 2. The molecule has 128 valence electrons.